The van der Waals surface area contributed by atoms with E-state index in [-0.39, 0.29) is 23.7 Å². The van der Waals surface area contributed by atoms with E-state index in [1.807, 2.05) is 44.2 Å². The van der Waals surface area contributed by atoms with E-state index in [2.05, 4.69) is 15.6 Å². The Kier molecular flexibility index (Phi) is 7.80. The largest absolute Gasteiger partial charge is 0.416 e. The topological polar surface area (TPSA) is 66.9 Å². The van der Waals surface area contributed by atoms with Gasteiger partial charge in [0.1, 0.15) is 5.82 Å². The smallest absolute Gasteiger partial charge is 0.352 e. The van der Waals surface area contributed by atoms with E-state index in [1.165, 1.54) is 6.20 Å². The molecule has 1 amide bonds. The Bertz CT molecular complexity index is 1240. The summed E-state index contributed by atoms with van der Waals surface area (Å²) in [5.41, 5.74) is 0.310. The summed E-state index contributed by atoms with van der Waals surface area (Å²) >= 11 is 0. The normalized spacial score (nSPS) is 15.8. The molecule has 1 heterocycles. The number of nitrogens with one attached hydrogen (secondary N) is 2. The van der Waals surface area contributed by atoms with E-state index in [9.17, 15) is 22.4 Å². The van der Waals surface area contributed by atoms with Crippen LogP contribution in [0.3, 0.4) is 0 Å². The van der Waals surface area contributed by atoms with E-state index < -0.39 is 28.9 Å². The highest BCUT2D eigenvalue weighted by Crippen LogP contribution is 2.47. The van der Waals surface area contributed by atoms with Crippen molar-refractivity contribution in [1.82, 2.24) is 15.3 Å². The molecule has 1 aliphatic rings. The van der Waals surface area contributed by atoms with Crippen molar-refractivity contribution in [3.8, 4) is 0 Å². The molecule has 37 heavy (non-hydrogen) atoms. The van der Waals surface area contributed by atoms with E-state index in [4.69, 9.17) is 4.98 Å². The van der Waals surface area contributed by atoms with Gasteiger partial charge in [-0.2, -0.15) is 13.2 Å². The zero-order valence-electron chi connectivity index (χ0n) is 20.8. The standard InChI is InChI=1S/C28H30F4N4O/c1-3-18(2)35-26-34-17-23(24(36-26)27(11-7-8-12-27)20-9-5-4-6-10-20)25(37)33-16-19-13-21(28(30,31)32)15-22(29)14-19/h4-6,9-10,13-15,17-18H,3,7-8,11-12,16H2,1-2H3,(H,33,37)(H,34,35,36). The fourth-order valence-electron chi connectivity index (χ4n) is 4.90. The summed E-state index contributed by atoms with van der Waals surface area (Å²) in [6, 6.07) is 12.3. The average Bonchev–Trinajstić information content (AvgIpc) is 3.38. The van der Waals surface area contributed by atoms with Crippen molar-refractivity contribution in [3.05, 3.63) is 88.5 Å². The quantitative estimate of drug-likeness (QED) is 0.331. The maximum atomic E-state index is 13.9. The van der Waals surface area contributed by atoms with Gasteiger partial charge in [-0.15, -0.1) is 0 Å². The Labute approximate surface area is 213 Å². The number of benzene rings is 2. The summed E-state index contributed by atoms with van der Waals surface area (Å²) in [6.07, 6.45) is 1.18. The first kappa shape index (κ1) is 26.6. The number of alkyl halides is 3. The van der Waals surface area contributed by atoms with Crippen molar-refractivity contribution in [3.63, 3.8) is 0 Å². The Morgan fingerprint density at radius 2 is 1.81 bits per heavy atom. The molecule has 1 unspecified atom stereocenters. The molecule has 9 heteroatoms. The zero-order chi connectivity index (χ0) is 26.6. The predicted octanol–water partition coefficient (Wildman–Crippen LogP) is 6.64. The number of carbonyl (C=O) groups excluding carboxylic acids is 1. The fraction of sp³-hybridized carbons (Fsp3) is 0.393. The molecule has 1 saturated carbocycles. The number of halogens is 4. The number of anilines is 1. The van der Waals surface area contributed by atoms with Gasteiger partial charge in [0.2, 0.25) is 5.95 Å². The lowest BCUT2D eigenvalue weighted by Gasteiger charge is -2.31. The van der Waals surface area contributed by atoms with Crippen LogP contribution in [0.25, 0.3) is 0 Å². The van der Waals surface area contributed by atoms with Crippen LogP contribution < -0.4 is 10.6 Å². The lowest BCUT2D eigenvalue weighted by molar-refractivity contribution is -0.137. The molecular weight excluding hydrogens is 484 g/mol. The molecule has 2 aromatic carbocycles. The van der Waals surface area contributed by atoms with E-state index in [1.54, 1.807) is 0 Å². The minimum atomic E-state index is -4.69. The maximum absolute atomic E-state index is 13.9. The second-order valence-corrected chi connectivity index (χ2v) is 9.59. The number of amides is 1. The highest BCUT2D eigenvalue weighted by atomic mass is 19.4. The summed E-state index contributed by atoms with van der Waals surface area (Å²) in [6.45, 7) is 3.78. The zero-order valence-corrected chi connectivity index (χ0v) is 20.8. The molecule has 0 saturated heterocycles. The molecule has 196 valence electrons. The number of nitrogens with zero attached hydrogens (tertiary/aromatic N) is 2. The van der Waals surface area contributed by atoms with Crippen molar-refractivity contribution in [2.24, 2.45) is 0 Å². The molecule has 4 rings (SSSR count). The van der Waals surface area contributed by atoms with Crippen LogP contribution in [0.15, 0.2) is 54.7 Å². The summed E-state index contributed by atoms with van der Waals surface area (Å²) in [7, 11) is 0. The third-order valence-corrected chi connectivity index (χ3v) is 7.00. The Hall–Kier alpha value is -3.49. The van der Waals surface area contributed by atoms with Gasteiger partial charge >= 0.3 is 6.18 Å². The first-order valence-corrected chi connectivity index (χ1v) is 12.5. The predicted molar refractivity (Wildman–Crippen MR) is 134 cm³/mol. The Balaban J connectivity index is 1.70. The van der Waals surface area contributed by atoms with Gasteiger partial charge in [0.25, 0.3) is 5.91 Å². The first-order chi connectivity index (χ1) is 17.6. The number of hydrogen-bond donors (Lipinski definition) is 2. The van der Waals surface area contributed by atoms with Crippen LogP contribution in [0.5, 0.6) is 0 Å². The van der Waals surface area contributed by atoms with Gasteiger partial charge in [0, 0.05) is 24.2 Å². The number of aromatic nitrogens is 2. The van der Waals surface area contributed by atoms with Crippen molar-refractivity contribution < 1.29 is 22.4 Å². The lowest BCUT2D eigenvalue weighted by atomic mass is 9.74. The molecule has 1 aromatic heterocycles. The second-order valence-electron chi connectivity index (χ2n) is 9.59. The van der Waals surface area contributed by atoms with E-state index >= 15 is 0 Å². The molecule has 0 aliphatic heterocycles. The van der Waals surface area contributed by atoms with Gasteiger partial charge < -0.3 is 10.6 Å². The van der Waals surface area contributed by atoms with Crippen LogP contribution in [-0.4, -0.2) is 21.9 Å². The lowest BCUT2D eigenvalue weighted by Crippen LogP contribution is -2.33. The average molecular weight is 515 g/mol. The molecule has 2 N–H and O–H groups in total. The number of rotatable bonds is 8. The van der Waals surface area contributed by atoms with Crippen molar-refractivity contribution in [2.45, 2.75) is 70.1 Å². The molecule has 5 nitrogen and oxygen atoms in total. The first-order valence-electron chi connectivity index (χ1n) is 12.5. The van der Waals surface area contributed by atoms with Crippen molar-refractivity contribution in [1.29, 1.82) is 0 Å². The molecule has 0 spiro atoms. The van der Waals surface area contributed by atoms with Gasteiger partial charge in [0.05, 0.1) is 16.8 Å². The number of carbonyl (C=O) groups is 1. The van der Waals surface area contributed by atoms with E-state index in [0.29, 0.717) is 17.7 Å². The molecular formula is C28H30F4N4O. The van der Waals surface area contributed by atoms with Crippen molar-refractivity contribution >= 4 is 11.9 Å². The number of hydrogen-bond acceptors (Lipinski definition) is 4. The monoisotopic (exact) mass is 514 g/mol. The van der Waals surface area contributed by atoms with Crippen LogP contribution >= 0.6 is 0 Å². The van der Waals surface area contributed by atoms with Gasteiger partial charge in [-0.05, 0) is 55.5 Å². The highest BCUT2D eigenvalue weighted by Gasteiger charge is 2.42. The highest BCUT2D eigenvalue weighted by molar-refractivity contribution is 5.95. The second kappa shape index (κ2) is 10.9. The van der Waals surface area contributed by atoms with E-state index in [0.717, 1.165) is 49.8 Å². The molecule has 1 atom stereocenters. The summed E-state index contributed by atoms with van der Waals surface area (Å²) in [4.78, 5) is 22.6. The third kappa shape index (κ3) is 5.92. The molecule has 1 fully saturated rings. The fourth-order valence-corrected chi connectivity index (χ4v) is 4.90. The van der Waals surface area contributed by atoms with Crippen LogP contribution in [-0.2, 0) is 18.1 Å². The van der Waals surface area contributed by atoms with Gasteiger partial charge in [0.15, 0.2) is 0 Å². The Morgan fingerprint density at radius 1 is 1.11 bits per heavy atom. The molecule has 3 aromatic rings. The summed E-state index contributed by atoms with van der Waals surface area (Å²) < 4.78 is 53.2. The molecule has 1 aliphatic carbocycles. The SMILES string of the molecule is CCC(C)Nc1ncc(C(=O)NCc2cc(F)cc(C(F)(F)F)c2)c(C2(c3ccccc3)CCCC2)n1. The minimum Gasteiger partial charge on any atom is -0.352 e. The minimum absolute atomic E-state index is 0.0110. The summed E-state index contributed by atoms with van der Waals surface area (Å²) in [5.74, 6) is -1.12. The van der Waals surface area contributed by atoms with Crippen LogP contribution in [0.4, 0.5) is 23.5 Å². The van der Waals surface area contributed by atoms with Gasteiger partial charge in [-0.25, -0.2) is 14.4 Å². The van der Waals surface area contributed by atoms with Gasteiger partial charge in [-0.3, -0.25) is 4.79 Å². The van der Waals surface area contributed by atoms with Crippen LogP contribution in [0.2, 0.25) is 0 Å². The summed E-state index contributed by atoms with van der Waals surface area (Å²) in [5, 5.41) is 5.92. The maximum Gasteiger partial charge on any atom is 0.416 e. The Morgan fingerprint density at radius 3 is 2.46 bits per heavy atom. The van der Waals surface area contributed by atoms with Gasteiger partial charge in [-0.1, -0.05) is 50.1 Å². The molecule has 0 bridgehead atoms. The third-order valence-electron chi connectivity index (χ3n) is 7.00. The van der Waals surface area contributed by atoms with Crippen LogP contribution in [0, 0.1) is 5.82 Å². The molecule has 0 radical (unpaired) electrons. The van der Waals surface area contributed by atoms with Crippen LogP contribution in [0.1, 0.15) is 78.7 Å². The van der Waals surface area contributed by atoms with Crippen molar-refractivity contribution in [2.75, 3.05) is 5.32 Å².